The van der Waals surface area contributed by atoms with Gasteiger partial charge in [-0.15, -0.1) is 0 Å². The Labute approximate surface area is 160 Å². The van der Waals surface area contributed by atoms with Gasteiger partial charge in [-0.25, -0.2) is 0 Å². The number of piperazine rings is 1. The van der Waals surface area contributed by atoms with E-state index >= 15 is 0 Å². The van der Waals surface area contributed by atoms with E-state index in [1.807, 2.05) is 24.3 Å². The van der Waals surface area contributed by atoms with Crippen molar-refractivity contribution < 1.29 is 19.1 Å². The first-order valence-electron chi connectivity index (χ1n) is 9.33. The minimum absolute atomic E-state index is 0.0294. The van der Waals surface area contributed by atoms with Crippen molar-refractivity contribution in [1.82, 2.24) is 14.7 Å². The number of para-hydroxylation sites is 1. The number of amides is 3. The van der Waals surface area contributed by atoms with Gasteiger partial charge in [0.25, 0.3) is 0 Å². The highest BCUT2D eigenvalue weighted by atomic mass is 16.5. The monoisotopic (exact) mass is 375 g/mol. The maximum atomic E-state index is 12.4. The van der Waals surface area contributed by atoms with Crippen LogP contribution in [0.3, 0.4) is 0 Å². The molecule has 1 aromatic carbocycles. The molecule has 1 aliphatic heterocycles. The van der Waals surface area contributed by atoms with Gasteiger partial charge >= 0.3 is 0 Å². The van der Waals surface area contributed by atoms with Crippen molar-refractivity contribution in [2.75, 3.05) is 46.4 Å². The summed E-state index contributed by atoms with van der Waals surface area (Å²) in [5, 5.41) is 0. The second-order valence-corrected chi connectivity index (χ2v) is 6.70. The van der Waals surface area contributed by atoms with E-state index in [0.29, 0.717) is 52.1 Å². The second-order valence-electron chi connectivity index (χ2n) is 6.70. The Morgan fingerprint density at radius 2 is 1.63 bits per heavy atom. The number of carbonyl (C=O) groups excluding carboxylic acids is 3. The lowest BCUT2D eigenvalue weighted by atomic mass is 10.1. The largest absolute Gasteiger partial charge is 0.496 e. The van der Waals surface area contributed by atoms with E-state index < -0.39 is 0 Å². The fraction of sp³-hybridized carbons (Fsp3) is 0.550. The molecule has 1 saturated heterocycles. The molecule has 7 heteroatoms. The summed E-state index contributed by atoms with van der Waals surface area (Å²) in [7, 11) is 1.63. The second kappa shape index (κ2) is 9.94. The summed E-state index contributed by atoms with van der Waals surface area (Å²) in [6, 6.07) is 7.74. The Balaban J connectivity index is 1.83. The van der Waals surface area contributed by atoms with Crippen LogP contribution < -0.4 is 4.74 Å². The van der Waals surface area contributed by atoms with E-state index in [2.05, 4.69) is 0 Å². The molecule has 0 spiro atoms. The van der Waals surface area contributed by atoms with Crippen LogP contribution in [-0.2, 0) is 20.8 Å². The zero-order valence-corrected chi connectivity index (χ0v) is 16.4. The van der Waals surface area contributed by atoms with Gasteiger partial charge in [-0.1, -0.05) is 18.2 Å². The maximum absolute atomic E-state index is 12.4. The van der Waals surface area contributed by atoms with Crippen molar-refractivity contribution in [3.8, 4) is 5.75 Å². The standard InChI is InChI=1S/C20H29N3O4/c1-16(24)21(10-8-18-6-4-5-7-19(18)27-3)11-9-20(26)23-14-12-22(13-15-23)17(2)25/h4-7H,8-15H2,1-3H3. The molecule has 27 heavy (non-hydrogen) atoms. The van der Waals surface area contributed by atoms with E-state index in [9.17, 15) is 14.4 Å². The van der Waals surface area contributed by atoms with Gasteiger partial charge < -0.3 is 19.4 Å². The smallest absolute Gasteiger partial charge is 0.224 e. The molecule has 7 nitrogen and oxygen atoms in total. The molecule has 0 N–H and O–H groups in total. The number of benzene rings is 1. The molecule has 1 aromatic rings. The van der Waals surface area contributed by atoms with Crippen LogP contribution in [-0.4, -0.2) is 78.8 Å². The fourth-order valence-electron chi connectivity index (χ4n) is 3.25. The third kappa shape index (κ3) is 5.98. The Kier molecular flexibility index (Phi) is 7.64. The molecule has 0 aliphatic carbocycles. The van der Waals surface area contributed by atoms with Gasteiger partial charge in [-0.3, -0.25) is 14.4 Å². The molecule has 0 atom stereocenters. The van der Waals surface area contributed by atoms with Gasteiger partial charge in [0.1, 0.15) is 5.75 Å². The molecule has 0 unspecified atom stereocenters. The average Bonchev–Trinajstić information content (AvgIpc) is 2.67. The molecule has 148 valence electrons. The molecule has 1 heterocycles. The molecule has 0 bridgehead atoms. The van der Waals surface area contributed by atoms with Gasteiger partial charge in [0.2, 0.25) is 17.7 Å². The highest BCUT2D eigenvalue weighted by Crippen LogP contribution is 2.18. The Bertz CT molecular complexity index is 669. The predicted molar refractivity (Wildman–Crippen MR) is 102 cm³/mol. The van der Waals surface area contributed by atoms with Crippen LogP contribution in [0.2, 0.25) is 0 Å². The molecular weight excluding hydrogens is 346 g/mol. The minimum Gasteiger partial charge on any atom is -0.496 e. The molecule has 0 saturated carbocycles. The highest BCUT2D eigenvalue weighted by molar-refractivity contribution is 5.79. The molecule has 1 aliphatic rings. The molecular formula is C20H29N3O4. The van der Waals surface area contributed by atoms with Crippen LogP contribution in [0.1, 0.15) is 25.8 Å². The first-order chi connectivity index (χ1) is 12.9. The molecule has 0 aromatic heterocycles. The average molecular weight is 375 g/mol. The molecule has 1 fully saturated rings. The molecule has 2 rings (SSSR count). The van der Waals surface area contributed by atoms with E-state index in [-0.39, 0.29) is 17.7 Å². The summed E-state index contributed by atoms with van der Waals surface area (Å²) in [6.45, 7) is 6.27. The van der Waals surface area contributed by atoms with Crippen LogP contribution in [0.5, 0.6) is 5.75 Å². The van der Waals surface area contributed by atoms with Gasteiger partial charge in [0.15, 0.2) is 0 Å². The van der Waals surface area contributed by atoms with E-state index in [0.717, 1.165) is 11.3 Å². The number of methoxy groups -OCH3 is 1. The number of nitrogens with zero attached hydrogens (tertiary/aromatic N) is 3. The lowest BCUT2D eigenvalue weighted by molar-refractivity contribution is -0.139. The maximum Gasteiger partial charge on any atom is 0.224 e. The van der Waals surface area contributed by atoms with Crippen molar-refractivity contribution in [3.63, 3.8) is 0 Å². The number of hydrogen-bond donors (Lipinski definition) is 0. The lowest BCUT2D eigenvalue weighted by Gasteiger charge is -2.34. The van der Waals surface area contributed by atoms with Crippen LogP contribution in [0.4, 0.5) is 0 Å². The van der Waals surface area contributed by atoms with Crippen molar-refractivity contribution in [2.24, 2.45) is 0 Å². The Morgan fingerprint density at radius 3 is 2.22 bits per heavy atom. The zero-order valence-electron chi connectivity index (χ0n) is 16.4. The number of carbonyl (C=O) groups is 3. The van der Waals surface area contributed by atoms with Gasteiger partial charge in [0.05, 0.1) is 7.11 Å². The van der Waals surface area contributed by atoms with Crippen LogP contribution in [0, 0.1) is 0 Å². The van der Waals surface area contributed by atoms with Crippen LogP contribution in [0.15, 0.2) is 24.3 Å². The zero-order chi connectivity index (χ0) is 19.8. The first kappa shape index (κ1) is 20.7. The summed E-state index contributed by atoms with van der Waals surface area (Å²) in [4.78, 5) is 41.0. The SMILES string of the molecule is COc1ccccc1CCN(CCC(=O)N1CCN(C(C)=O)CC1)C(C)=O. The van der Waals surface area contributed by atoms with Gasteiger partial charge in [-0.05, 0) is 18.1 Å². The predicted octanol–water partition coefficient (Wildman–Crippen LogP) is 1.17. The summed E-state index contributed by atoms with van der Waals surface area (Å²) in [6.07, 6.45) is 0.973. The normalized spacial score (nSPS) is 14.0. The van der Waals surface area contributed by atoms with Crippen molar-refractivity contribution in [3.05, 3.63) is 29.8 Å². The highest BCUT2D eigenvalue weighted by Gasteiger charge is 2.23. The summed E-state index contributed by atoms with van der Waals surface area (Å²) in [5.74, 6) is 0.836. The number of ether oxygens (including phenoxy) is 1. The van der Waals surface area contributed by atoms with E-state index in [1.54, 1.807) is 28.7 Å². The van der Waals surface area contributed by atoms with Crippen molar-refractivity contribution in [2.45, 2.75) is 26.7 Å². The van der Waals surface area contributed by atoms with E-state index in [1.165, 1.54) is 6.92 Å². The number of rotatable bonds is 7. The molecule has 3 amide bonds. The van der Waals surface area contributed by atoms with Crippen LogP contribution >= 0.6 is 0 Å². The minimum atomic E-state index is -0.0425. The van der Waals surface area contributed by atoms with Gasteiger partial charge in [-0.2, -0.15) is 0 Å². The third-order valence-electron chi connectivity index (χ3n) is 4.96. The Morgan fingerprint density at radius 1 is 1.00 bits per heavy atom. The van der Waals surface area contributed by atoms with Gasteiger partial charge in [0, 0.05) is 59.5 Å². The van der Waals surface area contributed by atoms with E-state index in [4.69, 9.17) is 4.74 Å². The molecule has 0 radical (unpaired) electrons. The summed E-state index contributed by atoms with van der Waals surface area (Å²) >= 11 is 0. The topological polar surface area (TPSA) is 70.2 Å². The summed E-state index contributed by atoms with van der Waals surface area (Å²) < 4.78 is 5.35. The van der Waals surface area contributed by atoms with Crippen molar-refractivity contribution in [1.29, 1.82) is 0 Å². The van der Waals surface area contributed by atoms with Crippen LogP contribution in [0.25, 0.3) is 0 Å². The fourth-order valence-corrected chi connectivity index (χ4v) is 3.25. The lowest BCUT2D eigenvalue weighted by Crippen LogP contribution is -2.50. The van der Waals surface area contributed by atoms with Crippen molar-refractivity contribution >= 4 is 17.7 Å². The Hall–Kier alpha value is -2.57. The quantitative estimate of drug-likeness (QED) is 0.717. The number of hydrogen-bond acceptors (Lipinski definition) is 4. The summed E-state index contributed by atoms with van der Waals surface area (Å²) in [5.41, 5.74) is 1.04. The third-order valence-corrected chi connectivity index (χ3v) is 4.96. The first-order valence-corrected chi connectivity index (χ1v) is 9.33.